The third-order valence-electron chi connectivity index (χ3n) is 4.28. The Hall–Kier alpha value is -1.64. The van der Waals surface area contributed by atoms with Crippen LogP contribution in [-0.4, -0.2) is 45.3 Å². The van der Waals surface area contributed by atoms with Crippen LogP contribution >= 0.6 is 0 Å². The van der Waals surface area contributed by atoms with Gasteiger partial charge in [0.05, 0.1) is 17.1 Å². The second-order valence-electron chi connectivity index (χ2n) is 6.47. The number of carbonyl (C=O) groups is 1. The maximum absolute atomic E-state index is 12.6. The standard InChI is InChI=1S/C17H26N2O5S/c1-12(11-24-2)18-16-9-8-14(10-15(16)17(20)21)25(22,23)19-13-6-4-3-5-7-13/h8-10,12-13,18-19H,3-7,11H2,1-2H3,(H,20,21). The van der Waals surface area contributed by atoms with Gasteiger partial charge in [0.25, 0.3) is 0 Å². The Morgan fingerprint density at radius 1 is 1.32 bits per heavy atom. The lowest BCUT2D eigenvalue weighted by molar-refractivity contribution is 0.0697. The molecule has 0 radical (unpaired) electrons. The second-order valence-corrected chi connectivity index (χ2v) is 8.18. The Balaban J connectivity index is 2.23. The molecular formula is C17H26N2O5S. The number of carboxylic acid groups (broad SMARTS) is 1. The lowest BCUT2D eigenvalue weighted by Gasteiger charge is -2.23. The Morgan fingerprint density at radius 3 is 2.60 bits per heavy atom. The molecule has 2 rings (SSSR count). The third-order valence-corrected chi connectivity index (χ3v) is 5.80. The van der Waals surface area contributed by atoms with Crippen LogP contribution in [0, 0.1) is 0 Å². The predicted octanol–water partition coefficient (Wildman–Crippen LogP) is 2.44. The highest BCUT2D eigenvalue weighted by Gasteiger charge is 2.24. The summed E-state index contributed by atoms with van der Waals surface area (Å²) in [6, 6.07) is 3.94. The Kier molecular flexibility index (Phi) is 6.80. The van der Waals surface area contributed by atoms with Gasteiger partial charge in [-0.2, -0.15) is 0 Å². The zero-order chi connectivity index (χ0) is 18.4. The van der Waals surface area contributed by atoms with Gasteiger partial charge >= 0.3 is 5.97 Å². The zero-order valence-electron chi connectivity index (χ0n) is 14.6. The molecule has 0 aromatic heterocycles. The Bertz CT molecular complexity index is 699. The number of ether oxygens (including phenoxy) is 1. The molecule has 1 aliphatic carbocycles. The molecule has 1 unspecified atom stereocenters. The molecule has 1 atom stereocenters. The predicted molar refractivity (Wildman–Crippen MR) is 95.6 cm³/mol. The lowest BCUT2D eigenvalue weighted by atomic mass is 9.96. The van der Waals surface area contributed by atoms with Gasteiger partial charge in [0, 0.05) is 24.9 Å². The van der Waals surface area contributed by atoms with Crippen LogP contribution in [0.15, 0.2) is 23.1 Å². The number of anilines is 1. The van der Waals surface area contributed by atoms with E-state index in [0.29, 0.717) is 12.3 Å². The van der Waals surface area contributed by atoms with Crippen LogP contribution in [0.1, 0.15) is 49.4 Å². The van der Waals surface area contributed by atoms with E-state index in [1.807, 2.05) is 6.92 Å². The van der Waals surface area contributed by atoms with Crippen LogP contribution in [0.25, 0.3) is 0 Å². The number of rotatable bonds is 8. The van der Waals surface area contributed by atoms with E-state index < -0.39 is 16.0 Å². The smallest absolute Gasteiger partial charge is 0.337 e. The Labute approximate surface area is 148 Å². The summed E-state index contributed by atoms with van der Waals surface area (Å²) >= 11 is 0. The molecule has 1 aromatic carbocycles. The topological polar surface area (TPSA) is 105 Å². The minimum Gasteiger partial charge on any atom is -0.478 e. The lowest BCUT2D eigenvalue weighted by Crippen LogP contribution is -2.36. The molecule has 0 aliphatic heterocycles. The summed E-state index contributed by atoms with van der Waals surface area (Å²) in [5.41, 5.74) is 0.295. The summed E-state index contributed by atoms with van der Waals surface area (Å²) in [6.07, 6.45) is 4.78. The van der Waals surface area contributed by atoms with Crippen LogP contribution in [0.4, 0.5) is 5.69 Å². The normalized spacial score (nSPS) is 17.2. The maximum Gasteiger partial charge on any atom is 0.337 e. The summed E-state index contributed by atoms with van der Waals surface area (Å²) in [4.78, 5) is 11.5. The van der Waals surface area contributed by atoms with Crippen LogP contribution in [0.2, 0.25) is 0 Å². The number of sulfonamides is 1. The number of nitrogens with one attached hydrogen (secondary N) is 2. The van der Waals surface area contributed by atoms with Crippen molar-refractivity contribution in [1.29, 1.82) is 0 Å². The van der Waals surface area contributed by atoms with Crippen LogP contribution in [-0.2, 0) is 14.8 Å². The molecule has 0 bridgehead atoms. The summed E-state index contributed by atoms with van der Waals surface area (Å²) in [7, 11) is -2.18. The van der Waals surface area contributed by atoms with Crippen LogP contribution in [0.3, 0.4) is 0 Å². The summed E-state index contributed by atoms with van der Waals surface area (Å²) in [5.74, 6) is -1.18. The van der Waals surface area contributed by atoms with Gasteiger partial charge in [-0.15, -0.1) is 0 Å². The minimum atomic E-state index is -3.74. The van der Waals surface area contributed by atoms with E-state index in [1.54, 1.807) is 7.11 Å². The molecule has 0 heterocycles. The molecule has 0 spiro atoms. The first-order valence-corrected chi connectivity index (χ1v) is 9.97. The molecule has 1 aliphatic rings. The SMILES string of the molecule is COCC(C)Nc1ccc(S(=O)(=O)NC2CCCCC2)cc1C(=O)O. The van der Waals surface area contributed by atoms with Gasteiger partial charge in [0.15, 0.2) is 0 Å². The van der Waals surface area contributed by atoms with Crippen molar-refractivity contribution < 1.29 is 23.1 Å². The monoisotopic (exact) mass is 370 g/mol. The van der Waals surface area contributed by atoms with Crippen molar-refractivity contribution in [3.8, 4) is 0 Å². The average Bonchev–Trinajstić information content (AvgIpc) is 2.55. The van der Waals surface area contributed by atoms with E-state index in [-0.39, 0.29) is 22.5 Å². The van der Waals surface area contributed by atoms with E-state index in [1.165, 1.54) is 18.2 Å². The molecular weight excluding hydrogens is 344 g/mol. The summed E-state index contributed by atoms with van der Waals surface area (Å²) in [6.45, 7) is 2.26. The highest BCUT2D eigenvalue weighted by molar-refractivity contribution is 7.89. The van der Waals surface area contributed by atoms with Crippen molar-refractivity contribution in [3.63, 3.8) is 0 Å². The van der Waals surface area contributed by atoms with E-state index in [0.717, 1.165) is 32.1 Å². The minimum absolute atomic E-state index is 0.0274. The first-order chi connectivity index (χ1) is 11.8. The van der Waals surface area contributed by atoms with Crippen LogP contribution in [0.5, 0.6) is 0 Å². The van der Waals surface area contributed by atoms with Gasteiger partial charge in [-0.25, -0.2) is 17.9 Å². The van der Waals surface area contributed by atoms with Gasteiger partial charge in [-0.3, -0.25) is 0 Å². The third kappa shape index (κ3) is 5.42. The number of benzene rings is 1. The van der Waals surface area contributed by atoms with Gasteiger partial charge in [0.2, 0.25) is 10.0 Å². The molecule has 140 valence electrons. The van der Waals surface area contributed by atoms with Crippen molar-refractivity contribution in [1.82, 2.24) is 4.72 Å². The van der Waals surface area contributed by atoms with Crippen molar-refractivity contribution in [2.75, 3.05) is 19.0 Å². The molecule has 0 amide bonds. The molecule has 8 heteroatoms. The largest absolute Gasteiger partial charge is 0.478 e. The highest BCUT2D eigenvalue weighted by atomic mass is 32.2. The number of hydrogen-bond donors (Lipinski definition) is 3. The first kappa shape index (κ1) is 19.7. The second kappa shape index (κ2) is 8.64. The number of aromatic carboxylic acids is 1. The van der Waals surface area contributed by atoms with E-state index >= 15 is 0 Å². The van der Waals surface area contributed by atoms with Gasteiger partial charge in [-0.05, 0) is 38.0 Å². The fourth-order valence-corrected chi connectivity index (χ4v) is 4.39. The van der Waals surface area contributed by atoms with Crippen molar-refractivity contribution in [2.45, 2.75) is 56.0 Å². The number of methoxy groups -OCH3 is 1. The fraction of sp³-hybridized carbons (Fsp3) is 0.588. The van der Waals surface area contributed by atoms with Gasteiger partial charge in [-0.1, -0.05) is 19.3 Å². The molecule has 3 N–H and O–H groups in total. The van der Waals surface area contributed by atoms with Crippen molar-refractivity contribution >= 4 is 21.7 Å². The van der Waals surface area contributed by atoms with E-state index in [4.69, 9.17) is 4.74 Å². The molecule has 0 saturated heterocycles. The van der Waals surface area contributed by atoms with E-state index in [9.17, 15) is 18.3 Å². The molecule has 1 saturated carbocycles. The van der Waals surface area contributed by atoms with E-state index in [2.05, 4.69) is 10.0 Å². The fourth-order valence-electron chi connectivity index (χ4n) is 3.06. The number of carboxylic acids is 1. The Morgan fingerprint density at radius 2 is 2.00 bits per heavy atom. The molecule has 1 aromatic rings. The van der Waals surface area contributed by atoms with Gasteiger partial charge in [0.1, 0.15) is 0 Å². The first-order valence-electron chi connectivity index (χ1n) is 8.48. The zero-order valence-corrected chi connectivity index (χ0v) is 15.4. The van der Waals surface area contributed by atoms with Gasteiger partial charge < -0.3 is 15.2 Å². The summed E-state index contributed by atoms with van der Waals surface area (Å²) in [5, 5.41) is 12.5. The molecule has 1 fully saturated rings. The average molecular weight is 370 g/mol. The number of hydrogen-bond acceptors (Lipinski definition) is 5. The van der Waals surface area contributed by atoms with Crippen LogP contribution < -0.4 is 10.0 Å². The van der Waals surface area contributed by atoms with Crippen molar-refractivity contribution in [3.05, 3.63) is 23.8 Å². The maximum atomic E-state index is 12.6. The molecule has 7 nitrogen and oxygen atoms in total. The summed E-state index contributed by atoms with van der Waals surface area (Å²) < 4.78 is 32.9. The quantitative estimate of drug-likeness (QED) is 0.649. The van der Waals surface area contributed by atoms with Crippen molar-refractivity contribution in [2.24, 2.45) is 0 Å². The highest BCUT2D eigenvalue weighted by Crippen LogP contribution is 2.24. The molecule has 25 heavy (non-hydrogen) atoms.